The second-order valence-electron chi connectivity index (χ2n) is 26.2. The van der Waals surface area contributed by atoms with E-state index in [2.05, 4.69) is 298 Å². The van der Waals surface area contributed by atoms with Crippen molar-refractivity contribution in [2.45, 2.75) is 103 Å². The Kier molecular flexibility index (Phi) is 34.1. The van der Waals surface area contributed by atoms with Crippen molar-refractivity contribution in [3.05, 3.63) is 343 Å². The van der Waals surface area contributed by atoms with Crippen LogP contribution in [-0.4, -0.2) is 129 Å². The molecule has 12 aromatic carbocycles. The molecule has 0 radical (unpaired) electrons. The molecule has 0 aliphatic rings. The third-order valence-corrected chi connectivity index (χ3v) is 31.6. The molecule has 0 aliphatic carbocycles. The molecule has 0 bridgehead atoms. The van der Waals surface area contributed by atoms with Crippen LogP contribution in [0.1, 0.15) is 78.8 Å². The molecule has 0 saturated carbocycles. The summed E-state index contributed by atoms with van der Waals surface area (Å²) in [6.45, 7) is 7.12. The predicted molar refractivity (Wildman–Crippen MR) is 458 cm³/mol. The summed E-state index contributed by atoms with van der Waals surface area (Å²) in [6.07, 6.45) is 5.84. The van der Waals surface area contributed by atoms with Gasteiger partial charge >= 0.3 is 667 Å². The fourth-order valence-electron chi connectivity index (χ4n) is 12.0. The Hall–Kier alpha value is -8.04. The van der Waals surface area contributed by atoms with Crippen LogP contribution in [0.2, 0.25) is 31.9 Å². The van der Waals surface area contributed by atoms with Gasteiger partial charge in [0.15, 0.2) is 0 Å². The Bertz CT molecular complexity index is 3900. The minimum absolute atomic E-state index is 0.343. The van der Waals surface area contributed by atoms with Crippen molar-refractivity contribution in [1.29, 1.82) is 0 Å². The van der Waals surface area contributed by atoms with E-state index in [0.29, 0.717) is 149 Å². The van der Waals surface area contributed by atoms with Crippen molar-refractivity contribution in [3.8, 4) is 51.7 Å². The molecular formula is C95H96O9Se6. The Morgan fingerprint density at radius 2 is 0.382 bits per heavy atom. The molecule has 0 amide bonds. The van der Waals surface area contributed by atoms with E-state index in [1.807, 2.05) is 18.2 Å². The average Bonchev–Trinajstić information content (AvgIpc) is 0.762. The van der Waals surface area contributed by atoms with E-state index in [1.165, 1.54) is 26.8 Å². The van der Waals surface area contributed by atoms with Crippen molar-refractivity contribution in [1.82, 2.24) is 0 Å². The molecule has 566 valence electrons. The van der Waals surface area contributed by atoms with Gasteiger partial charge in [-0.05, 0) is 23.6 Å². The summed E-state index contributed by atoms with van der Waals surface area (Å²) < 4.78 is 67.2. The zero-order chi connectivity index (χ0) is 75.1. The van der Waals surface area contributed by atoms with Crippen LogP contribution < -0.4 is 69.4 Å². The molecule has 0 heterocycles. The first kappa shape index (κ1) is 81.4. The second kappa shape index (κ2) is 46.1. The van der Waals surface area contributed by atoms with Crippen molar-refractivity contribution >= 4 is 117 Å². The van der Waals surface area contributed by atoms with Gasteiger partial charge in [-0.3, -0.25) is 0 Å². The molecule has 0 atom stereocenters. The average molecular weight is 1860 g/mol. The van der Waals surface area contributed by atoms with E-state index in [1.54, 1.807) is 0 Å². The van der Waals surface area contributed by atoms with E-state index in [-0.39, 0.29) is 0 Å². The van der Waals surface area contributed by atoms with E-state index in [9.17, 15) is 0 Å². The topological polar surface area (TPSA) is 83.1 Å². The van der Waals surface area contributed by atoms with E-state index in [0.717, 1.165) is 156 Å². The molecule has 0 aliphatic heterocycles. The van der Waals surface area contributed by atoms with Crippen LogP contribution in [0.5, 0.6) is 51.7 Å². The number of ether oxygens (including phenoxy) is 9. The molecule has 15 heteroatoms. The molecule has 0 unspecified atom stereocenters. The molecule has 0 aromatic heterocycles. The van der Waals surface area contributed by atoms with Crippen LogP contribution in [0.4, 0.5) is 0 Å². The van der Waals surface area contributed by atoms with Crippen molar-refractivity contribution in [2.75, 3.05) is 39.6 Å². The molecule has 9 nitrogen and oxygen atoms in total. The van der Waals surface area contributed by atoms with Crippen LogP contribution in [-0.2, 0) is 25.2 Å². The van der Waals surface area contributed by atoms with Gasteiger partial charge in [0, 0.05) is 5.41 Å². The fourth-order valence-corrected chi connectivity index (χ4v) is 22.7. The van der Waals surface area contributed by atoms with E-state index >= 15 is 0 Å². The van der Waals surface area contributed by atoms with Gasteiger partial charge in [-0.1, -0.05) is 0 Å². The van der Waals surface area contributed by atoms with Crippen molar-refractivity contribution in [3.63, 3.8) is 0 Å². The molecule has 0 N–H and O–H groups in total. The van der Waals surface area contributed by atoms with E-state index in [4.69, 9.17) is 42.6 Å². The SMILES string of the molecule is CC(c1ccc(OCc2cc(OCCC[Se]c3ccccc3)cc(OCCC[Se]c3ccccc3)c2)cc1)(c1ccc(OCc2cc(OCCC[Se]c3ccccc3)cc(OCCC[Se]c3ccccc3)c2)cc1)c1ccc(OCc2cc(OCCC[Se]c3ccccc3)cc(OCCC[Se]c3ccccc3)c2)cc1. The third kappa shape index (κ3) is 28.0. The molecule has 12 aromatic rings. The monoisotopic (exact) mass is 1860 g/mol. The zero-order valence-corrected chi connectivity index (χ0v) is 72.7. The maximum absolute atomic E-state index is 6.66. The van der Waals surface area contributed by atoms with Gasteiger partial charge in [0.25, 0.3) is 0 Å². The van der Waals surface area contributed by atoms with Crippen LogP contribution in [0.3, 0.4) is 0 Å². The second-order valence-corrected chi connectivity index (χ2v) is 40.9. The van der Waals surface area contributed by atoms with Crippen LogP contribution >= 0.6 is 0 Å². The summed E-state index contributed by atoms with van der Waals surface area (Å²) in [6, 6.07) is 109. The molecule has 12 rings (SSSR count). The van der Waals surface area contributed by atoms with Crippen molar-refractivity contribution < 1.29 is 42.6 Å². The first-order valence-electron chi connectivity index (χ1n) is 37.8. The first-order chi connectivity index (χ1) is 54.4. The van der Waals surface area contributed by atoms with Crippen LogP contribution in [0.25, 0.3) is 0 Å². The van der Waals surface area contributed by atoms with Crippen LogP contribution in [0, 0.1) is 0 Å². The van der Waals surface area contributed by atoms with Gasteiger partial charge in [-0.2, -0.15) is 0 Å². The molecule has 110 heavy (non-hydrogen) atoms. The normalized spacial score (nSPS) is 11.2. The molecular weight excluding hydrogens is 1760 g/mol. The summed E-state index contributed by atoms with van der Waals surface area (Å²) in [5, 5.41) is 6.65. The van der Waals surface area contributed by atoms with Gasteiger partial charge in [0.2, 0.25) is 0 Å². The van der Waals surface area contributed by atoms with E-state index < -0.39 is 5.41 Å². The Morgan fingerprint density at radius 1 is 0.200 bits per heavy atom. The minimum atomic E-state index is -0.622. The molecule has 0 spiro atoms. The standard InChI is InChI=1S/C95H96O9Se6/c1-95(77-38-44-80(45-39-77)102-71-74-62-83(96-50-20-56-105-89-26-8-2-9-27-89)68-84(63-74)97-51-21-57-106-90-28-10-3-11-29-90,78-40-46-81(47-41-78)103-72-75-64-85(98-52-22-58-107-91-30-12-4-13-31-91)69-86(65-75)99-53-23-59-108-92-32-14-5-15-33-92)79-42-48-82(49-43-79)104-73-76-66-87(100-54-24-60-109-93-34-16-6-17-35-93)70-88(67-76)101-55-25-61-110-94-36-18-7-19-37-94/h2-19,26-49,62-70H,20-25,50-61,71-73H2,1H3. The number of hydrogen-bond donors (Lipinski definition) is 0. The Labute approximate surface area is 689 Å². The van der Waals surface area contributed by atoms with Crippen LogP contribution in [0.15, 0.2) is 309 Å². The predicted octanol–water partition coefficient (Wildman–Crippen LogP) is 17.1. The van der Waals surface area contributed by atoms with Gasteiger partial charge in [-0.25, -0.2) is 0 Å². The van der Waals surface area contributed by atoms with Gasteiger partial charge in [0.1, 0.15) is 0 Å². The summed E-state index contributed by atoms with van der Waals surface area (Å²) in [5.41, 5.74) is 5.61. The first-order valence-corrected chi connectivity index (χ1v) is 50.2. The van der Waals surface area contributed by atoms with Gasteiger partial charge < -0.3 is 0 Å². The van der Waals surface area contributed by atoms with Crippen molar-refractivity contribution in [2.24, 2.45) is 0 Å². The number of hydrogen-bond acceptors (Lipinski definition) is 9. The number of benzene rings is 12. The summed E-state index contributed by atoms with van der Waals surface area (Å²) in [4.78, 5) is 0. The quantitative estimate of drug-likeness (QED) is 0.0210. The summed E-state index contributed by atoms with van der Waals surface area (Å²) in [5.74, 6) is 7.04. The third-order valence-electron chi connectivity index (χ3n) is 17.7. The Balaban J connectivity index is 0.746. The molecule has 0 fully saturated rings. The fraction of sp³-hybridized carbons (Fsp3) is 0.242. The van der Waals surface area contributed by atoms with Gasteiger partial charge in [-0.15, -0.1) is 0 Å². The zero-order valence-electron chi connectivity index (χ0n) is 62.4. The van der Waals surface area contributed by atoms with Gasteiger partial charge in [0.05, 0.1) is 0 Å². The molecule has 0 saturated heterocycles. The summed E-state index contributed by atoms with van der Waals surface area (Å²) in [7, 11) is 0. The summed E-state index contributed by atoms with van der Waals surface area (Å²) >= 11 is 2.43. The Morgan fingerprint density at radius 3 is 0.564 bits per heavy atom. The maximum atomic E-state index is 6.66. The number of rotatable bonds is 48.